The lowest BCUT2D eigenvalue weighted by Gasteiger charge is -2.55. The second-order valence-corrected chi connectivity index (χ2v) is 9.10. The Kier molecular flexibility index (Phi) is 5.64. The van der Waals surface area contributed by atoms with E-state index >= 15 is 0 Å². The maximum Gasteiger partial charge on any atom is 0.410 e. The van der Waals surface area contributed by atoms with E-state index in [0.717, 1.165) is 39.0 Å². The van der Waals surface area contributed by atoms with Crippen LogP contribution in [0, 0.1) is 5.41 Å². The molecule has 144 valence electrons. The average molecular weight is 353 g/mol. The van der Waals surface area contributed by atoms with Crippen molar-refractivity contribution in [1.82, 2.24) is 10.2 Å². The number of likely N-dealkylation sites (tertiary alicyclic amines) is 1. The van der Waals surface area contributed by atoms with Crippen molar-refractivity contribution in [3.63, 3.8) is 0 Å². The first-order valence-corrected chi connectivity index (χ1v) is 10.2. The van der Waals surface area contributed by atoms with Crippen molar-refractivity contribution in [3.8, 4) is 0 Å². The number of nitrogens with zero attached hydrogens (tertiary/aromatic N) is 1. The van der Waals surface area contributed by atoms with Gasteiger partial charge in [0.2, 0.25) is 0 Å². The molecule has 0 bridgehead atoms. The lowest BCUT2D eigenvalue weighted by atomic mass is 9.60. The van der Waals surface area contributed by atoms with Gasteiger partial charge < -0.3 is 19.7 Å². The normalized spacial score (nSPS) is 31.8. The number of ether oxygens (including phenoxy) is 2. The summed E-state index contributed by atoms with van der Waals surface area (Å²) in [6.07, 6.45) is 8.81. The molecule has 0 aromatic rings. The third kappa shape index (κ3) is 4.13. The highest BCUT2D eigenvalue weighted by atomic mass is 16.6. The van der Waals surface area contributed by atoms with Gasteiger partial charge in [-0.05, 0) is 59.8 Å². The molecule has 3 unspecified atom stereocenters. The topological polar surface area (TPSA) is 50.8 Å². The standard InChI is InChI=1S/C20H36N2O3/c1-5-24-17-13-16(20(17)10-6-7-11-20)21-15-9-8-12-22(14-15)18(23)25-19(2,3)4/h15-17,21H,5-14H2,1-4H3. The van der Waals surface area contributed by atoms with Crippen LogP contribution in [-0.2, 0) is 9.47 Å². The molecule has 1 aliphatic heterocycles. The molecule has 25 heavy (non-hydrogen) atoms. The van der Waals surface area contributed by atoms with Crippen LogP contribution in [0.5, 0.6) is 0 Å². The van der Waals surface area contributed by atoms with Crippen molar-refractivity contribution in [3.05, 3.63) is 0 Å². The molecule has 1 amide bonds. The van der Waals surface area contributed by atoms with Gasteiger partial charge >= 0.3 is 6.09 Å². The van der Waals surface area contributed by atoms with Gasteiger partial charge in [-0.15, -0.1) is 0 Å². The second kappa shape index (κ2) is 7.43. The van der Waals surface area contributed by atoms with Crippen molar-refractivity contribution < 1.29 is 14.3 Å². The van der Waals surface area contributed by atoms with E-state index in [-0.39, 0.29) is 6.09 Å². The Morgan fingerprint density at radius 1 is 1.24 bits per heavy atom. The Bertz CT molecular complexity index is 468. The average Bonchev–Trinajstić information content (AvgIpc) is 3.05. The summed E-state index contributed by atoms with van der Waals surface area (Å²) >= 11 is 0. The molecule has 1 saturated heterocycles. The number of rotatable bonds is 4. The van der Waals surface area contributed by atoms with Crippen LogP contribution in [-0.4, -0.2) is 54.5 Å². The first kappa shape index (κ1) is 19.0. The van der Waals surface area contributed by atoms with Gasteiger partial charge in [0.15, 0.2) is 0 Å². The zero-order valence-electron chi connectivity index (χ0n) is 16.5. The Hall–Kier alpha value is -0.810. The fourth-order valence-electron chi connectivity index (χ4n) is 5.01. The number of hydrogen-bond donors (Lipinski definition) is 1. The molecule has 1 N–H and O–H groups in total. The molecule has 0 aromatic heterocycles. The summed E-state index contributed by atoms with van der Waals surface area (Å²) in [5.41, 5.74) is -0.0751. The number of amides is 1. The number of carbonyl (C=O) groups is 1. The van der Waals surface area contributed by atoms with E-state index in [0.29, 0.717) is 23.6 Å². The van der Waals surface area contributed by atoms with Gasteiger partial charge in [-0.1, -0.05) is 12.8 Å². The molecule has 5 heteroatoms. The molecule has 3 rings (SSSR count). The van der Waals surface area contributed by atoms with Crippen LogP contribution < -0.4 is 5.32 Å². The molecule has 0 radical (unpaired) electrons. The molecule has 5 nitrogen and oxygen atoms in total. The van der Waals surface area contributed by atoms with Gasteiger partial charge in [-0.3, -0.25) is 0 Å². The highest BCUT2D eigenvalue weighted by Crippen LogP contribution is 2.54. The predicted octanol–water partition coefficient (Wildman–Crippen LogP) is 3.71. The molecule has 1 spiro atoms. The Labute approximate surface area is 152 Å². The van der Waals surface area contributed by atoms with Crippen LogP contribution in [0.2, 0.25) is 0 Å². The molecule has 0 aromatic carbocycles. The first-order valence-electron chi connectivity index (χ1n) is 10.2. The van der Waals surface area contributed by atoms with Crippen molar-refractivity contribution in [1.29, 1.82) is 0 Å². The van der Waals surface area contributed by atoms with E-state index < -0.39 is 5.60 Å². The number of piperidine rings is 1. The van der Waals surface area contributed by atoms with Gasteiger partial charge in [0.25, 0.3) is 0 Å². The van der Waals surface area contributed by atoms with Gasteiger partial charge in [0.1, 0.15) is 5.60 Å². The molecule has 2 saturated carbocycles. The maximum absolute atomic E-state index is 12.4. The zero-order valence-corrected chi connectivity index (χ0v) is 16.5. The minimum absolute atomic E-state index is 0.171. The Balaban J connectivity index is 1.55. The molecule has 3 aliphatic rings. The smallest absolute Gasteiger partial charge is 0.410 e. The van der Waals surface area contributed by atoms with Crippen LogP contribution in [0.25, 0.3) is 0 Å². The summed E-state index contributed by atoms with van der Waals surface area (Å²) in [4.78, 5) is 14.3. The molecule has 3 fully saturated rings. The SMILES string of the molecule is CCOC1CC(NC2CCCN(C(=O)OC(C)(C)C)C2)C12CCCC2. The largest absolute Gasteiger partial charge is 0.444 e. The summed E-state index contributed by atoms with van der Waals surface area (Å²) in [5.74, 6) is 0. The Morgan fingerprint density at radius 2 is 1.96 bits per heavy atom. The molecule has 1 heterocycles. The minimum atomic E-state index is -0.427. The summed E-state index contributed by atoms with van der Waals surface area (Å²) in [6.45, 7) is 10.3. The molecule has 2 aliphatic carbocycles. The first-order chi connectivity index (χ1) is 11.8. The van der Waals surface area contributed by atoms with E-state index in [2.05, 4.69) is 12.2 Å². The third-order valence-corrected chi connectivity index (χ3v) is 6.20. The zero-order chi connectivity index (χ0) is 18.1. The van der Waals surface area contributed by atoms with E-state index in [1.54, 1.807) is 0 Å². The summed E-state index contributed by atoms with van der Waals surface area (Å²) in [6, 6.07) is 0.932. The quantitative estimate of drug-likeness (QED) is 0.838. The van der Waals surface area contributed by atoms with Crippen molar-refractivity contribution in [2.24, 2.45) is 5.41 Å². The van der Waals surface area contributed by atoms with Crippen LogP contribution in [0.4, 0.5) is 4.79 Å². The van der Waals surface area contributed by atoms with Crippen molar-refractivity contribution in [2.75, 3.05) is 19.7 Å². The van der Waals surface area contributed by atoms with E-state index in [9.17, 15) is 4.79 Å². The molecular formula is C20H36N2O3. The van der Waals surface area contributed by atoms with Gasteiger partial charge in [-0.25, -0.2) is 4.79 Å². The second-order valence-electron chi connectivity index (χ2n) is 9.10. The summed E-state index contributed by atoms with van der Waals surface area (Å²) < 4.78 is 11.6. The monoisotopic (exact) mass is 352 g/mol. The summed E-state index contributed by atoms with van der Waals surface area (Å²) in [7, 11) is 0. The lowest BCUT2D eigenvalue weighted by molar-refractivity contribution is -0.133. The number of nitrogens with one attached hydrogen (secondary N) is 1. The van der Waals surface area contributed by atoms with Crippen LogP contribution >= 0.6 is 0 Å². The third-order valence-electron chi connectivity index (χ3n) is 6.20. The minimum Gasteiger partial charge on any atom is -0.444 e. The van der Waals surface area contributed by atoms with Crippen LogP contribution in [0.3, 0.4) is 0 Å². The van der Waals surface area contributed by atoms with Gasteiger partial charge in [-0.2, -0.15) is 0 Å². The lowest BCUT2D eigenvalue weighted by Crippen LogP contribution is -2.66. The molecule has 3 atom stereocenters. The van der Waals surface area contributed by atoms with Crippen LogP contribution in [0.15, 0.2) is 0 Å². The Morgan fingerprint density at radius 3 is 2.60 bits per heavy atom. The van der Waals surface area contributed by atoms with Gasteiger partial charge in [0, 0.05) is 37.2 Å². The van der Waals surface area contributed by atoms with Crippen molar-refractivity contribution >= 4 is 6.09 Å². The summed E-state index contributed by atoms with van der Waals surface area (Å²) in [5, 5.41) is 3.89. The number of carbonyl (C=O) groups excluding carboxylic acids is 1. The van der Waals surface area contributed by atoms with Gasteiger partial charge in [0.05, 0.1) is 6.10 Å². The predicted molar refractivity (Wildman–Crippen MR) is 98.7 cm³/mol. The van der Waals surface area contributed by atoms with E-state index in [1.165, 1.54) is 25.7 Å². The van der Waals surface area contributed by atoms with Crippen LogP contribution in [0.1, 0.15) is 72.6 Å². The fourth-order valence-corrected chi connectivity index (χ4v) is 5.01. The maximum atomic E-state index is 12.4. The number of hydrogen-bond acceptors (Lipinski definition) is 4. The highest BCUT2D eigenvalue weighted by Gasteiger charge is 2.56. The fraction of sp³-hybridized carbons (Fsp3) is 0.950. The highest BCUT2D eigenvalue weighted by molar-refractivity contribution is 5.68. The van der Waals surface area contributed by atoms with E-state index in [4.69, 9.17) is 9.47 Å². The van der Waals surface area contributed by atoms with E-state index in [1.807, 2.05) is 25.7 Å². The van der Waals surface area contributed by atoms with Crippen molar-refractivity contribution in [2.45, 2.75) is 96.4 Å². The molecular weight excluding hydrogens is 316 g/mol.